The lowest BCUT2D eigenvalue weighted by Crippen LogP contribution is -2.26. The monoisotopic (exact) mass is 385 g/mol. The summed E-state index contributed by atoms with van der Waals surface area (Å²) < 4.78 is 0. The van der Waals surface area contributed by atoms with Gasteiger partial charge >= 0.3 is 0 Å². The highest BCUT2D eigenvalue weighted by Crippen LogP contribution is 2.16. The van der Waals surface area contributed by atoms with Crippen molar-refractivity contribution in [3.8, 4) is 11.8 Å². The zero-order valence-corrected chi connectivity index (χ0v) is 15.8. The third kappa shape index (κ3) is 4.99. The molecule has 6 heteroatoms. The van der Waals surface area contributed by atoms with Crippen LogP contribution in [0.25, 0.3) is 0 Å². The Bertz CT molecular complexity index is 1050. The number of phenols is 1. The quantitative estimate of drug-likeness (QED) is 0.654. The van der Waals surface area contributed by atoms with Crippen LogP contribution in [0.15, 0.2) is 72.8 Å². The molecule has 0 unspecified atom stereocenters. The van der Waals surface area contributed by atoms with E-state index in [-0.39, 0.29) is 17.6 Å². The molecule has 29 heavy (non-hydrogen) atoms. The van der Waals surface area contributed by atoms with Crippen molar-refractivity contribution in [2.45, 2.75) is 6.54 Å². The number of hydrogen-bond donors (Lipinski definition) is 2. The maximum Gasteiger partial charge on any atom is 0.255 e. The van der Waals surface area contributed by atoms with Gasteiger partial charge in [0.25, 0.3) is 11.8 Å². The average molecular weight is 385 g/mol. The Balaban J connectivity index is 1.63. The van der Waals surface area contributed by atoms with Gasteiger partial charge in [-0.15, -0.1) is 0 Å². The van der Waals surface area contributed by atoms with Gasteiger partial charge in [-0.2, -0.15) is 5.26 Å². The molecule has 0 bridgehead atoms. The minimum atomic E-state index is -0.305. The smallest absolute Gasteiger partial charge is 0.255 e. The number of nitrogens with zero attached hydrogens (tertiary/aromatic N) is 2. The molecule has 0 aliphatic carbocycles. The van der Waals surface area contributed by atoms with Gasteiger partial charge in [-0.25, -0.2) is 0 Å². The number of anilines is 1. The molecule has 0 heterocycles. The number of hydrogen-bond acceptors (Lipinski definition) is 4. The fourth-order valence-electron chi connectivity index (χ4n) is 2.76. The topological polar surface area (TPSA) is 93.4 Å². The molecule has 2 amide bonds. The van der Waals surface area contributed by atoms with Crippen molar-refractivity contribution < 1.29 is 14.7 Å². The maximum atomic E-state index is 12.6. The van der Waals surface area contributed by atoms with E-state index < -0.39 is 0 Å². The van der Waals surface area contributed by atoms with Crippen molar-refractivity contribution in [3.05, 3.63) is 95.1 Å². The van der Waals surface area contributed by atoms with E-state index in [9.17, 15) is 14.7 Å². The first kappa shape index (κ1) is 19.6. The van der Waals surface area contributed by atoms with Crippen LogP contribution in [0, 0.1) is 11.3 Å². The predicted molar refractivity (Wildman–Crippen MR) is 109 cm³/mol. The van der Waals surface area contributed by atoms with Gasteiger partial charge in [0.05, 0.1) is 11.6 Å². The van der Waals surface area contributed by atoms with Crippen molar-refractivity contribution in [2.75, 3.05) is 12.4 Å². The summed E-state index contributed by atoms with van der Waals surface area (Å²) in [6.45, 7) is 0.410. The van der Waals surface area contributed by atoms with Gasteiger partial charge in [0, 0.05) is 30.4 Å². The molecule has 6 nitrogen and oxygen atoms in total. The highest BCUT2D eigenvalue weighted by Gasteiger charge is 2.13. The Morgan fingerprint density at radius 3 is 2.10 bits per heavy atom. The molecule has 0 fully saturated rings. The molecule has 0 atom stereocenters. The van der Waals surface area contributed by atoms with Crippen LogP contribution < -0.4 is 5.32 Å². The summed E-state index contributed by atoms with van der Waals surface area (Å²) in [5, 5.41) is 20.9. The standard InChI is InChI=1S/C23H19N3O3/c1-26(15-17-4-2-16(14-24)3-5-17)23(29)19-8-6-18(7-9-19)22(28)25-20-10-12-21(27)13-11-20/h2-13,27H,15H2,1H3,(H,25,28). The van der Waals surface area contributed by atoms with E-state index in [2.05, 4.69) is 11.4 Å². The summed E-state index contributed by atoms with van der Waals surface area (Å²) in [6, 6.07) is 21.7. The number of rotatable bonds is 5. The highest BCUT2D eigenvalue weighted by molar-refractivity contribution is 6.05. The predicted octanol–water partition coefficient (Wildman–Crippen LogP) is 3.79. The number of nitriles is 1. The number of benzene rings is 3. The van der Waals surface area contributed by atoms with Crippen LogP contribution in [-0.2, 0) is 6.54 Å². The summed E-state index contributed by atoms with van der Waals surface area (Å²) in [5.41, 5.74) is 2.95. The Morgan fingerprint density at radius 1 is 0.931 bits per heavy atom. The van der Waals surface area contributed by atoms with E-state index in [1.54, 1.807) is 60.5 Å². The zero-order chi connectivity index (χ0) is 20.8. The van der Waals surface area contributed by atoms with Crippen LogP contribution in [0.1, 0.15) is 31.8 Å². The SMILES string of the molecule is CN(Cc1ccc(C#N)cc1)C(=O)c1ccc(C(=O)Nc2ccc(O)cc2)cc1. The number of phenolic OH excluding ortho intramolecular Hbond substituents is 1. The van der Waals surface area contributed by atoms with E-state index in [4.69, 9.17) is 5.26 Å². The van der Waals surface area contributed by atoms with E-state index in [0.717, 1.165) is 5.56 Å². The van der Waals surface area contributed by atoms with Crippen molar-refractivity contribution in [2.24, 2.45) is 0 Å². The van der Waals surface area contributed by atoms with Crippen LogP contribution in [0.4, 0.5) is 5.69 Å². The Labute approximate surface area is 168 Å². The molecule has 0 saturated heterocycles. The molecular formula is C23H19N3O3. The number of nitrogens with one attached hydrogen (secondary N) is 1. The van der Waals surface area contributed by atoms with Gasteiger partial charge in [-0.1, -0.05) is 12.1 Å². The summed E-state index contributed by atoms with van der Waals surface area (Å²) in [5.74, 6) is -0.350. The molecule has 3 rings (SSSR count). The zero-order valence-electron chi connectivity index (χ0n) is 15.8. The second kappa shape index (κ2) is 8.72. The van der Waals surface area contributed by atoms with Gasteiger partial charge in [0.1, 0.15) is 5.75 Å². The van der Waals surface area contributed by atoms with Crippen molar-refractivity contribution in [1.82, 2.24) is 4.90 Å². The molecule has 2 N–H and O–H groups in total. The third-order valence-electron chi connectivity index (χ3n) is 4.37. The van der Waals surface area contributed by atoms with E-state index in [1.807, 2.05) is 12.1 Å². The van der Waals surface area contributed by atoms with Gasteiger partial charge in [0.15, 0.2) is 0 Å². The van der Waals surface area contributed by atoms with Crippen LogP contribution in [-0.4, -0.2) is 28.9 Å². The molecule has 0 radical (unpaired) electrons. The van der Waals surface area contributed by atoms with E-state index in [0.29, 0.717) is 28.9 Å². The summed E-state index contributed by atoms with van der Waals surface area (Å²) in [6.07, 6.45) is 0. The molecule has 0 spiro atoms. The first-order chi connectivity index (χ1) is 14.0. The van der Waals surface area contributed by atoms with E-state index >= 15 is 0 Å². The van der Waals surface area contributed by atoms with Crippen molar-refractivity contribution >= 4 is 17.5 Å². The molecule has 0 aliphatic rings. The second-order valence-corrected chi connectivity index (χ2v) is 6.55. The van der Waals surface area contributed by atoms with Gasteiger partial charge in [-0.05, 0) is 66.2 Å². The molecule has 3 aromatic carbocycles. The normalized spacial score (nSPS) is 10.1. The first-order valence-corrected chi connectivity index (χ1v) is 8.91. The lowest BCUT2D eigenvalue weighted by Gasteiger charge is -2.17. The molecule has 0 saturated carbocycles. The first-order valence-electron chi connectivity index (χ1n) is 8.91. The lowest BCUT2D eigenvalue weighted by atomic mass is 10.1. The average Bonchev–Trinajstić information content (AvgIpc) is 2.75. The maximum absolute atomic E-state index is 12.6. The van der Waals surface area contributed by atoms with Crippen LogP contribution >= 0.6 is 0 Å². The number of amides is 2. The van der Waals surface area contributed by atoms with Crippen molar-refractivity contribution in [3.63, 3.8) is 0 Å². The molecule has 0 aliphatic heterocycles. The van der Waals surface area contributed by atoms with Crippen molar-refractivity contribution in [1.29, 1.82) is 5.26 Å². The minimum absolute atomic E-state index is 0.121. The van der Waals surface area contributed by atoms with E-state index in [1.165, 1.54) is 12.1 Å². The van der Waals surface area contributed by atoms with Gasteiger partial charge in [-0.3, -0.25) is 9.59 Å². The van der Waals surface area contributed by atoms with Gasteiger partial charge in [0.2, 0.25) is 0 Å². The van der Waals surface area contributed by atoms with Crippen LogP contribution in [0.3, 0.4) is 0 Å². The summed E-state index contributed by atoms with van der Waals surface area (Å²) in [7, 11) is 1.70. The molecule has 3 aromatic rings. The Morgan fingerprint density at radius 2 is 1.52 bits per heavy atom. The summed E-state index contributed by atoms with van der Waals surface area (Å²) in [4.78, 5) is 26.5. The number of carbonyl (C=O) groups excluding carboxylic acids is 2. The Kier molecular flexibility index (Phi) is 5.91. The molecule has 144 valence electrons. The molecule has 0 aromatic heterocycles. The highest BCUT2D eigenvalue weighted by atomic mass is 16.3. The van der Waals surface area contributed by atoms with Crippen LogP contribution in [0.2, 0.25) is 0 Å². The largest absolute Gasteiger partial charge is 0.508 e. The number of aromatic hydroxyl groups is 1. The fourth-order valence-corrected chi connectivity index (χ4v) is 2.76. The van der Waals surface area contributed by atoms with Gasteiger partial charge < -0.3 is 15.3 Å². The minimum Gasteiger partial charge on any atom is -0.508 e. The fraction of sp³-hybridized carbons (Fsp3) is 0.0870. The third-order valence-corrected chi connectivity index (χ3v) is 4.37. The Hall–Kier alpha value is -4.11. The molecular weight excluding hydrogens is 366 g/mol. The van der Waals surface area contributed by atoms with Crippen LogP contribution in [0.5, 0.6) is 5.75 Å². The summed E-state index contributed by atoms with van der Waals surface area (Å²) >= 11 is 0. The second-order valence-electron chi connectivity index (χ2n) is 6.55. The number of carbonyl (C=O) groups is 2. The lowest BCUT2D eigenvalue weighted by molar-refractivity contribution is 0.0784.